The number of hydrogen-bond acceptors (Lipinski definition) is 5. The number of aryl methyl sites for hydroxylation is 2. The lowest BCUT2D eigenvalue weighted by molar-refractivity contribution is -0.113. The summed E-state index contributed by atoms with van der Waals surface area (Å²) >= 11 is 9.48. The van der Waals surface area contributed by atoms with Crippen molar-refractivity contribution in [2.45, 2.75) is 45.4 Å². The van der Waals surface area contributed by atoms with E-state index in [0.29, 0.717) is 28.1 Å². The molecule has 0 saturated heterocycles. The van der Waals surface area contributed by atoms with Gasteiger partial charge in [0.25, 0.3) is 5.91 Å². The molecule has 0 bridgehead atoms. The first kappa shape index (κ1) is 25.5. The number of carbonyl (C=O) groups excluding carboxylic acids is 2. The fraction of sp³-hybridized carbons (Fsp3) is 0.304. The van der Waals surface area contributed by atoms with E-state index in [1.54, 1.807) is 24.3 Å². The zero-order chi connectivity index (χ0) is 24.1. The predicted octanol–water partition coefficient (Wildman–Crippen LogP) is 5.39. The Bertz CT molecular complexity index is 1140. The molecule has 0 spiro atoms. The van der Waals surface area contributed by atoms with Crippen molar-refractivity contribution >= 4 is 63.5 Å². The molecule has 2 N–H and O–H groups in total. The van der Waals surface area contributed by atoms with Gasteiger partial charge in [-0.3, -0.25) is 9.59 Å². The van der Waals surface area contributed by atoms with E-state index in [2.05, 4.69) is 43.4 Å². The Labute approximate surface area is 216 Å². The van der Waals surface area contributed by atoms with Crippen molar-refractivity contribution in [1.29, 1.82) is 0 Å². The van der Waals surface area contributed by atoms with E-state index < -0.39 is 0 Å². The van der Waals surface area contributed by atoms with Crippen LogP contribution in [0.3, 0.4) is 0 Å². The molecule has 2 aromatic carbocycles. The molecule has 0 unspecified atom stereocenters. The number of nitrogens with zero attached hydrogens (tertiary/aromatic N) is 3. The number of halogens is 2. The summed E-state index contributed by atoms with van der Waals surface area (Å²) in [6, 6.07) is 10.4. The van der Waals surface area contributed by atoms with Crippen molar-refractivity contribution in [2.75, 3.05) is 11.1 Å². The highest BCUT2D eigenvalue weighted by atomic mass is 127. The minimum atomic E-state index is -0.360. The van der Waals surface area contributed by atoms with E-state index in [9.17, 15) is 9.59 Å². The van der Waals surface area contributed by atoms with Crippen molar-refractivity contribution in [1.82, 2.24) is 20.1 Å². The van der Waals surface area contributed by atoms with Crippen molar-refractivity contribution < 1.29 is 9.59 Å². The maximum Gasteiger partial charge on any atom is 0.251 e. The van der Waals surface area contributed by atoms with E-state index in [4.69, 9.17) is 11.6 Å². The SMILES string of the molecule is CCn1c(SCC(=O)Nc2c(C)cc(I)cc2C)nnc1[C@H](C)NC(=O)c1ccc(Cl)cc1. The molecule has 1 atom stereocenters. The molecule has 10 heteroatoms. The quantitative estimate of drug-likeness (QED) is 0.268. The molecule has 0 aliphatic rings. The van der Waals surface area contributed by atoms with Crippen LogP contribution in [0.1, 0.15) is 47.2 Å². The van der Waals surface area contributed by atoms with Gasteiger partial charge in [-0.2, -0.15) is 0 Å². The second-order valence-electron chi connectivity index (χ2n) is 7.54. The molecule has 0 saturated carbocycles. The summed E-state index contributed by atoms with van der Waals surface area (Å²) in [6.45, 7) is 8.41. The fourth-order valence-corrected chi connectivity index (χ4v) is 5.25. The third kappa shape index (κ3) is 6.48. The molecule has 3 aromatic rings. The molecule has 7 nitrogen and oxygen atoms in total. The number of amides is 2. The van der Waals surface area contributed by atoms with Crippen molar-refractivity contribution in [2.24, 2.45) is 0 Å². The monoisotopic (exact) mass is 597 g/mol. The third-order valence-corrected chi connectivity index (χ3v) is 6.84. The Hall–Kier alpha value is -2.11. The smallest absolute Gasteiger partial charge is 0.251 e. The zero-order valence-electron chi connectivity index (χ0n) is 18.8. The van der Waals surface area contributed by atoms with Gasteiger partial charge in [0.2, 0.25) is 5.91 Å². The van der Waals surface area contributed by atoms with Crippen molar-refractivity contribution in [3.8, 4) is 0 Å². The molecule has 33 heavy (non-hydrogen) atoms. The summed E-state index contributed by atoms with van der Waals surface area (Å²) in [5.41, 5.74) is 3.42. The maximum atomic E-state index is 12.6. The molecular weight excluding hydrogens is 573 g/mol. The summed E-state index contributed by atoms with van der Waals surface area (Å²) in [5.74, 6) is 0.506. The Morgan fingerprint density at radius 2 is 1.79 bits per heavy atom. The normalized spacial score (nSPS) is 11.8. The summed E-state index contributed by atoms with van der Waals surface area (Å²) < 4.78 is 3.04. The number of anilines is 1. The van der Waals surface area contributed by atoms with Crippen molar-refractivity contribution in [3.63, 3.8) is 0 Å². The van der Waals surface area contributed by atoms with Gasteiger partial charge in [0.1, 0.15) is 0 Å². The highest BCUT2D eigenvalue weighted by Crippen LogP contribution is 2.25. The topological polar surface area (TPSA) is 88.9 Å². The van der Waals surface area contributed by atoms with Crippen LogP contribution in [0, 0.1) is 17.4 Å². The van der Waals surface area contributed by atoms with Crippen LogP contribution in [0.5, 0.6) is 0 Å². The average molecular weight is 598 g/mol. The maximum absolute atomic E-state index is 12.6. The number of rotatable bonds is 8. The van der Waals surface area contributed by atoms with Crippen LogP contribution in [0.2, 0.25) is 5.02 Å². The van der Waals surface area contributed by atoms with Gasteiger partial charge in [0.15, 0.2) is 11.0 Å². The highest BCUT2D eigenvalue weighted by Gasteiger charge is 2.20. The van der Waals surface area contributed by atoms with E-state index >= 15 is 0 Å². The fourth-order valence-electron chi connectivity index (χ4n) is 3.38. The molecule has 1 aromatic heterocycles. The number of benzene rings is 2. The molecule has 0 aliphatic carbocycles. The van der Waals surface area contributed by atoms with Gasteiger partial charge >= 0.3 is 0 Å². The van der Waals surface area contributed by atoms with E-state index in [0.717, 1.165) is 20.4 Å². The Morgan fingerprint density at radius 1 is 1.15 bits per heavy atom. The largest absolute Gasteiger partial charge is 0.342 e. The number of nitrogens with one attached hydrogen (secondary N) is 2. The Kier molecular flexibility index (Phi) is 8.77. The van der Waals surface area contributed by atoms with Crippen LogP contribution in [0.25, 0.3) is 0 Å². The third-order valence-electron chi connectivity index (χ3n) is 5.00. The van der Waals surface area contributed by atoms with Gasteiger partial charge in [-0.05, 0) is 97.8 Å². The van der Waals surface area contributed by atoms with Gasteiger partial charge in [-0.1, -0.05) is 23.4 Å². The van der Waals surface area contributed by atoms with Gasteiger partial charge in [-0.25, -0.2) is 0 Å². The first-order valence-electron chi connectivity index (χ1n) is 10.4. The number of carbonyl (C=O) groups is 2. The molecule has 0 radical (unpaired) electrons. The van der Waals surface area contributed by atoms with Crippen LogP contribution in [0.4, 0.5) is 5.69 Å². The van der Waals surface area contributed by atoms with Gasteiger partial charge in [0.05, 0.1) is 11.8 Å². The lowest BCUT2D eigenvalue weighted by Gasteiger charge is -2.15. The van der Waals surface area contributed by atoms with Crippen molar-refractivity contribution in [3.05, 3.63) is 67.5 Å². The first-order chi connectivity index (χ1) is 15.7. The zero-order valence-corrected chi connectivity index (χ0v) is 22.5. The van der Waals surface area contributed by atoms with Crippen LogP contribution in [-0.2, 0) is 11.3 Å². The van der Waals surface area contributed by atoms with Crippen LogP contribution in [0.15, 0.2) is 41.6 Å². The van der Waals surface area contributed by atoms with Gasteiger partial charge in [0, 0.05) is 26.4 Å². The Balaban J connectivity index is 1.64. The molecule has 3 rings (SSSR count). The van der Waals surface area contributed by atoms with Gasteiger partial charge in [-0.15, -0.1) is 10.2 Å². The molecule has 2 amide bonds. The second-order valence-corrected chi connectivity index (χ2v) is 10.2. The Morgan fingerprint density at radius 3 is 2.39 bits per heavy atom. The van der Waals surface area contributed by atoms with E-state index in [1.807, 2.05) is 44.4 Å². The minimum Gasteiger partial charge on any atom is -0.342 e. The average Bonchev–Trinajstić information content (AvgIpc) is 3.18. The van der Waals surface area contributed by atoms with Gasteiger partial charge < -0.3 is 15.2 Å². The van der Waals surface area contributed by atoms with E-state index in [1.165, 1.54) is 11.8 Å². The highest BCUT2D eigenvalue weighted by molar-refractivity contribution is 14.1. The van der Waals surface area contributed by atoms with Crippen LogP contribution in [-0.4, -0.2) is 32.3 Å². The molecular formula is C23H25ClIN5O2S. The molecule has 1 heterocycles. The standard InChI is InChI=1S/C23H25ClIN5O2S/c1-5-30-21(15(4)26-22(32)16-6-8-17(24)9-7-16)28-29-23(30)33-12-19(31)27-20-13(2)10-18(25)11-14(20)3/h6-11,15H,5,12H2,1-4H3,(H,26,32)(H,27,31)/t15-/m0/s1. The summed E-state index contributed by atoms with van der Waals surface area (Å²) in [4.78, 5) is 25.1. The molecule has 0 fully saturated rings. The lowest BCUT2D eigenvalue weighted by atomic mass is 10.1. The summed E-state index contributed by atoms with van der Waals surface area (Å²) in [7, 11) is 0. The summed E-state index contributed by atoms with van der Waals surface area (Å²) in [5, 5.41) is 15.7. The minimum absolute atomic E-state index is 0.108. The first-order valence-corrected chi connectivity index (χ1v) is 12.8. The van der Waals surface area contributed by atoms with Crippen LogP contribution >= 0.6 is 46.0 Å². The molecule has 0 aliphatic heterocycles. The second kappa shape index (κ2) is 11.3. The molecule has 174 valence electrons. The number of thioether (sulfide) groups is 1. The lowest BCUT2D eigenvalue weighted by Crippen LogP contribution is -2.28. The number of hydrogen-bond donors (Lipinski definition) is 2. The van der Waals surface area contributed by atoms with Crippen LogP contribution < -0.4 is 10.6 Å². The number of aromatic nitrogens is 3. The predicted molar refractivity (Wildman–Crippen MR) is 141 cm³/mol. The summed E-state index contributed by atoms with van der Waals surface area (Å²) in [6.07, 6.45) is 0. The van der Waals surface area contributed by atoms with E-state index in [-0.39, 0.29) is 23.6 Å².